The minimum Gasteiger partial charge on any atom is -0.309 e. The molecular formula is C27H24N2O2. The van der Waals surface area contributed by atoms with Crippen molar-refractivity contribution in [1.29, 1.82) is 0 Å². The Labute approximate surface area is 182 Å². The van der Waals surface area contributed by atoms with Crippen LogP contribution in [0.4, 0.5) is 0 Å². The summed E-state index contributed by atoms with van der Waals surface area (Å²) < 4.78 is 0. The van der Waals surface area contributed by atoms with Crippen LogP contribution >= 0.6 is 0 Å². The van der Waals surface area contributed by atoms with Crippen molar-refractivity contribution in [3.05, 3.63) is 120 Å². The first-order chi connectivity index (χ1) is 15.2. The summed E-state index contributed by atoms with van der Waals surface area (Å²) >= 11 is 0. The Morgan fingerprint density at radius 3 is 1.94 bits per heavy atom. The Bertz CT molecular complexity index is 1160. The van der Waals surface area contributed by atoms with Crippen LogP contribution in [0.3, 0.4) is 0 Å². The van der Waals surface area contributed by atoms with Crippen LogP contribution in [0.5, 0.6) is 0 Å². The number of nitrogens with one attached hydrogen (secondary N) is 2. The van der Waals surface area contributed by atoms with E-state index in [1.165, 1.54) is 16.7 Å². The van der Waals surface area contributed by atoms with Gasteiger partial charge in [-0.25, -0.2) is 5.48 Å². The second-order valence-electron chi connectivity index (χ2n) is 7.36. The van der Waals surface area contributed by atoms with Crippen molar-refractivity contribution >= 4 is 5.91 Å². The normalized spacial score (nSPS) is 10.6. The molecule has 4 aromatic rings. The summed E-state index contributed by atoms with van der Waals surface area (Å²) in [5, 5.41) is 12.6. The van der Waals surface area contributed by atoms with Gasteiger partial charge in [0.15, 0.2) is 0 Å². The second-order valence-corrected chi connectivity index (χ2v) is 7.36. The number of hydrogen-bond donors (Lipinski definition) is 3. The number of carbonyl (C=O) groups excluding carboxylic acids is 1. The minimum atomic E-state index is -0.518. The van der Waals surface area contributed by atoms with Crippen molar-refractivity contribution < 1.29 is 10.0 Å². The molecule has 4 nitrogen and oxygen atoms in total. The third-order valence-electron chi connectivity index (χ3n) is 5.21. The zero-order valence-electron chi connectivity index (χ0n) is 17.1. The molecule has 4 aromatic carbocycles. The van der Waals surface area contributed by atoms with Crippen LogP contribution in [0, 0.1) is 0 Å². The molecular weight excluding hydrogens is 384 g/mol. The van der Waals surface area contributed by atoms with Crippen LogP contribution in [-0.2, 0) is 13.1 Å². The summed E-state index contributed by atoms with van der Waals surface area (Å²) in [7, 11) is 0. The zero-order valence-corrected chi connectivity index (χ0v) is 17.1. The number of carbonyl (C=O) groups is 1. The summed E-state index contributed by atoms with van der Waals surface area (Å²) in [5.41, 5.74) is 8.57. The maximum atomic E-state index is 12.1. The molecule has 0 saturated heterocycles. The van der Waals surface area contributed by atoms with Gasteiger partial charge >= 0.3 is 0 Å². The Hall–Kier alpha value is -3.73. The first-order valence-electron chi connectivity index (χ1n) is 10.2. The molecule has 31 heavy (non-hydrogen) atoms. The summed E-state index contributed by atoms with van der Waals surface area (Å²) in [6.45, 7) is 1.40. The maximum Gasteiger partial charge on any atom is 0.275 e. The molecule has 0 aromatic heterocycles. The van der Waals surface area contributed by atoms with Gasteiger partial charge in [0.2, 0.25) is 0 Å². The van der Waals surface area contributed by atoms with Gasteiger partial charge in [0, 0.05) is 18.7 Å². The SMILES string of the molecule is O=C(NO)c1ccc(CNCc2cccc(-c3ccccc3)c2)cc1-c1ccccc1. The number of benzene rings is 4. The Balaban J connectivity index is 1.49. The molecule has 0 unspecified atom stereocenters. The molecule has 0 aliphatic carbocycles. The van der Waals surface area contributed by atoms with Gasteiger partial charge in [0.05, 0.1) is 0 Å². The van der Waals surface area contributed by atoms with E-state index in [1.54, 1.807) is 11.5 Å². The van der Waals surface area contributed by atoms with E-state index >= 15 is 0 Å². The van der Waals surface area contributed by atoms with Crippen LogP contribution in [-0.4, -0.2) is 11.1 Å². The Kier molecular flexibility index (Phi) is 6.53. The summed E-state index contributed by atoms with van der Waals surface area (Å²) in [6.07, 6.45) is 0. The van der Waals surface area contributed by atoms with Crippen molar-refractivity contribution in [1.82, 2.24) is 10.8 Å². The van der Waals surface area contributed by atoms with E-state index in [4.69, 9.17) is 5.21 Å². The van der Waals surface area contributed by atoms with Crippen LogP contribution in [0.25, 0.3) is 22.3 Å². The fourth-order valence-corrected chi connectivity index (χ4v) is 3.66. The van der Waals surface area contributed by atoms with Gasteiger partial charge in [0.25, 0.3) is 5.91 Å². The van der Waals surface area contributed by atoms with E-state index in [2.05, 4.69) is 41.7 Å². The summed E-state index contributed by atoms with van der Waals surface area (Å²) in [4.78, 5) is 12.1. The number of amides is 1. The van der Waals surface area contributed by atoms with E-state index in [9.17, 15) is 4.79 Å². The lowest BCUT2D eigenvalue weighted by Gasteiger charge is -2.12. The largest absolute Gasteiger partial charge is 0.309 e. The highest BCUT2D eigenvalue weighted by Crippen LogP contribution is 2.25. The molecule has 3 N–H and O–H groups in total. The van der Waals surface area contributed by atoms with Crippen molar-refractivity contribution in [2.45, 2.75) is 13.1 Å². The molecule has 4 heteroatoms. The van der Waals surface area contributed by atoms with E-state index < -0.39 is 5.91 Å². The average Bonchev–Trinajstić information content (AvgIpc) is 2.85. The van der Waals surface area contributed by atoms with E-state index in [0.717, 1.165) is 23.2 Å². The van der Waals surface area contributed by atoms with E-state index in [-0.39, 0.29) is 0 Å². The molecule has 0 atom stereocenters. The third-order valence-corrected chi connectivity index (χ3v) is 5.21. The predicted octanol–water partition coefficient (Wildman–Crippen LogP) is 5.43. The highest BCUT2D eigenvalue weighted by molar-refractivity contribution is 6.00. The van der Waals surface area contributed by atoms with E-state index in [0.29, 0.717) is 12.1 Å². The molecule has 0 heterocycles. The highest BCUT2D eigenvalue weighted by atomic mass is 16.5. The molecule has 0 bridgehead atoms. The lowest BCUT2D eigenvalue weighted by molar-refractivity contribution is 0.0707. The summed E-state index contributed by atoms with van der Waals surface area (Å²) in [5.74, 6) is -0.518. The maximum absolute atomic E-state index is 12.1. The monoisotopic (exact) mass is 408 g/mol. The van der Waals surface area contributed by atoms with Gasteiger partial charge < -0.3 is 5.32 Å². The first kappa shape index (κ1) is 20.5. The smallest absolute Gasteiger partial charge is 0.275 e. The molecule has 0 saturated carbocycles. The third kappa shape index (κ3) is 5.07. The second kappa shape index (κ2) is 9.85. The Morgan fingerprint density at radius 2 is 1.26 bits per heavy atom. The van der Waals surface area contributed by atoms with Crippen molar-refractivity contribution in [2.24, 2.45) is 0 Å². The lowest BCUT2D eigenvalue weighted by Crippen LogP contribution is -2.20. The quantitative estimate of drug-likeness (QED) is 0.282. The molecule has 0 spiro atoms. The molecule has 1 amide bonds. The number of hydrogen-bond acceptors (Lipinski definition) is 3. The molecule has 0 aliphatic rings. The average molecular weight is 409 g/mol. The Morgan fingerprint density at radius 1 is 0.645 bits per heavy atom. The van der Waals surface area contributed by atoms with Gasteiger partial charge in [0.1, 0.15) is 0 Å². The molecule has 4 rings (SSSR count). The van der Waals surface area contributed by atoms with Crippen molar-refractivity contribution in [3.63, 3.8) is 0 Å². The van der Waals surface area contributed by atoms with E-state index in [1.807, 2.05) is 60.7 Å². The van der Waals surface area contributed by atoms with Crippen LogP contribution in [0.2, 0.25) is 0 Å². The molecule has 0 fully saturated rings. The van der Waals surface area contributed by atoms with Crippen LogP contribution in [0.15, 0.2) is 103 Å². The van der Waals surface area contributed by atoms with Gasteiger partial charge in [-0.3, -0.25) is 10.0 Å². The predicted molar refractivity (Wildman–Crippen MR) is 124 cm³/mol. The van der Waals surface area contributed by atoms with Crippen molar-refractivity contribution in [2.75, 3.05) is 0 Å². The number of rotatable bonds is 7. The fraction of sp³-hybridized carbons (Fsp3) is 0.0741. The lowest BCUT2D eigenvalue weighted by atomic mass is 9.96. The van der Waals surface area contributed by atoms with Gasteiger partial charge in [-0.15, -0.1) is 0 Å². The molecule has 0 radical (unpaired) electrons. The summed E-state index contributed by atoms with van der Waals surface area (Å²) in [6, 6.07) is 34.2. The molecule has 0 aliphatic heterocycles. The van der Waals surface area contributed by atoms with Crippen LogP contribution in [0.1, 0.15) is 21.5 Å². The van der Waals surface area contributed by atoms with Gasteiger partial charge in [-0.1, -0.05) is 84.9 Å². The van der Waals surface area contributed by atoms with Crippen LogP contribution < -0.4 is 10.8 Å². The fourth-order valence-electron chi connectivity index (χ4n) is 3.66. The highest BCUT2D eigenvalue weighted by Gasteiger charge is 2.13. The topological polar surface area (TPSA) is 61.4 Å². The number of hydroxylamine groups is 1. The van der Waals surface area contributed by atoms with Gasteiger partial charge in [-0.05, 0) is 51.6 Å². The first-order valence-corrected chi connectivity index (χ1v) is 10.2. The van der Waals surface area contributed by atoms with Gasteiger partial charge in [-0.2, -0.15) is 0 Å². The molecule has 154 valence electrons. The standard InChI is InChI=1S/C27H24N2O2/c30-27(29-31)25-15-14-21(17-26(25)23-11-5-2-6-12-23)19-28-18-20-8-7-13-24(16-20)22-9-3-1-4-10-22/h1-17,28,31H,18-19H2,(H,29,30). The zero-order chi connectivity index (χ0) is 21.5. The van der Waals surface area contributed by atoms with Crippen molar-refractivity contribution in [3.8, 4) is 22.3 Å². The minimum absolute atomic E-state index is 0.438.